The normalized spacial score (nSPS) is 15.2. The molecule has 3 heterocycles. The second-order valence-electron chi connectivity index (χ2n) is 5.58. The maximum Gasteiger partial charge on any atom is 0.222 e. The van der Waals surface area contributed by atoms with Crippen LogP contribution in [0.15, 0.2) is 36.7 Å². The topological polar surface area (TPSA) is 82.1 Å². The fourth-order valence-corrected chi connectivity index (χ4v) is 2.84. The average Bonchev–Trinajstić information content (AvgIpc) is 2.98. The summed E-state index contributed by atoms with van der Waals surface area (Å²) in [6, 6.07) is 8.51. The molecular weight excluding hydrogens is 292 g/mol. The van der Waals surface area contributed by atoms with Gasteiger partial charge in [0.25, 0.3) is 0 Å². The minimum absolute atomic E-state index is 0.265. The molecule has 0 amide bonds. The van der Waals surface area contributed by atoms with Crippen LogP contribution in [0.25, 0.3) is 11.0 Å². The largest absolute Gasteiger partial charge is 0.378 e. The Hall–Kier alpha value is -2.67. The molecule has 0 spiro atoms. The van der Waals surface area contributed by atoms with Crippen molar-refractivity contribution >= 4 is 22.7 Å². The number of nitrogens with zero attached hydrogens (tertiary/aromatic N) is 5. The smallest absolute Gasteiger partial charge is 0.222 e. The SMILES string of the molecule is Nc1ncc2cnn(Cc3cccc(N4CCOCC4)c3)c2n1. The third-order valence-corrected chi connectivity index (χ3v) is 4.01. The third kappa shape index (κ3) is 2.83. The van der Waals surface area contributed by atoms with Crippen LogP contribution in [0.4, 0.5) is 11.6 Å². The van der Waals surface area contributed by atoms with Gasteiger partial charge in [-0.25, -0.2) is 9.67 Å². The summed E-state index contributed by atoms with van der Waals surface area (Å²) in [7, 11) is 0. The van der Waals surface area contributed by atoms with Crippen molar-refractivity contribution in [1.29, 1.82) is 0 Å². The van der Waals surface area contributed by atoms with E-state index in [4.69, 9.17) is 10.5 Å². The lowest BCUT2D eigenvalue weighted by molar-refractivity contribution is 0.122. The summed E-state index contributed by atoms with van der Waals surface area (Å²) in [4.78, 5) is 10.6. The van der Waals surface area contributed by atoms with Crippen LogP contribution in [0.3, 0.4) is 0 Å². The number of morpholine rings is 1. The lowest BCUT2D eigenvalue weighted by Crippen LogP contribution is -2.36. The molecular formula is C16H18N6O. The van der Waals surface area contributed by atoms with Crippen LogP contribution in [0, 0.1) is 0 Å². The summed E-state index contributed by atoms with van der Waals surface area (Å²) in [6.45, 7) is 4.07. The Morgan fingerprint density at radius 3 is 2.91 bits per heavy atom. The molecule has 3 aromatic rings. The number of benzene rings is 1. The van der Waals surface area contributed by atoms with E-state index in [0.717, 1.165) is 37.3 Å². The van der Waals surface area contributed by atoms with Crippen molar-refractivity contribution in [3.8, 4) is 0 Å². The van der Waals surface area contributed by atoms with Gasteiger partial charge in [0.05, 0.1) is 31.3 Å². The van der Waals surface area contributed by atoms with Crippen LogP contribution in [-0.4, -0.2) is 46.1 Å². The van der Waals surface area contributed by atoms with E-state index in [9.17, 15) is 0 Å². The van der Waals surface area contributed by atoms with Crippen molar-refractivity contribution in [2.75, 3.05) is 36.9 Å². The molecule has 7 nitrogen and oxygen atoms in total. The maximum absolute atomic E-state index is 5.69. The van der Waals surface area contributed by atoms with Gasteiger partial charge in [0, 0.05) is 25.0 Å². The summed E-state index contributed by atoms with van der Waals surface area (Å²) in [5.74, 6) is 0.265. The summed E-state index contributed by atoms with van der Waals surface area (Å²) in [5, 5.41) is 5.29. The van der Waals surface area contributed by atoms with E-state index in [1.807, 2.05) is 4.68 Å². The van der Waals surface area contributed by atoms with Gasteiger partial charge in [-0.15, -0.1) is 0 Å². The molecule has 0 bridgehead atoms. The molecule has 4 rings (SSSR count). The van der Waals surface area contributed by atoms with Crippen molar-refractivity contribution in [1.82, 2.24) is 19.7 Å². The molecule has 0 radical (unpaired) electrons. The molecule has 1 fully saturated rings. The van der Waals surface area contributed by atoms with E-state index in [2.05, 4.69) is 44.2 Å². The summed E-state index contributed by atoms with van der Waals surface area (Å²) in [6.07, 6.45) is 3.46. The highest BCUT2D eigenvalue weighted by Gasteiger charge is 2.12. The Morgan fingerprint density at radius 1 is 1.17 bits per heavy atom. The molecule has 1 saturated heterocycles. The first-order valence-electron chi connectivity index (χ1n) is 7.65. The first-order valence-corrected chi connectivity index (χ1v) is 7.65. The van der Waals surface area contributed by atoms with Gasteiger partial charge < -0.3 is 15.4 Å². The first-order chi connectivity index (χ1) is 11.3. The second-order valence-corrected chi connectivity index (χ2v) is 5.58. The fourth-order valence-electron chi connectivity index (χ4n) is 2.84. The van der Waals surface area contributed by atoms with Crippen molar-refractivity contribution in [2.45, 2.75) is 6.54 Å². The fraction of sp³-hybridized carbons (Fsp3) is 0.312. The van der Waals surface area contributed by atoms with Crippen LogP contribution >= 0.6 is 0 Å². The number of nitrogen functional groups attached to an aromatic ring is 1. The number of nitrogens with two attached hydrogens (primary N) is 1. The highest BCUT2D eigenvalue weighted by Crippen LogP contribution is 2.19. The van der Waals surface area contributed by atoms with Crippen LogP contribution < -0.4 is 10.6 Å². The van der Waals surface area contributed by atoms with E-state index in [1.54, 1.807) is 12.4 Å². The Morgan fingerprint density at radius 2 is 2.04 bits per heavy atom. The lowest BCUT2D eigenvalue weighted by Gasteiger charge is -2.29. The van der Waals surface area contributed by atoms with Gasteiger partial charge in [0.2, 0.25) is 5.95 Å². The van der Waals surface area contributed by atoms with E-state index in [0.29, 0.717) is 6.54 Å². The van der Waals surface area contributed by atoms with Gasteiger partial charge in [0.15, 0.2) is 5.65 Å². The summed E-state index contributed by atoms with van der Waals surface area (Å²) < 4.78 is 7.27. The molecule has 2 N–H and O–H groups in total. The van der Waals surface area contributed by atoms with Gasteiger partial charge in [-0.3, -0.25) is 0 Å². The molecule has 0 aliphatic carbocycles. The van der Waals surface area contributed by atoms with E-state index in [-0.39, 0.29) is 5.95 Å². The summed E-state index contributed by atoms with van der Waals surface area (Å²) in [5.41, 5.74) is 8.84. The van der Waals surface area contributed by atoms with Gasteiger partial charge >= 0.3 is 0 Å². The number of hydrogen-bond donors (Lipinski definition) is 1. The zero-order valence-corrected chi connectivity index (χ0v) is 12.7. The standard InChI is InChI=1S/C16H18N6O/c17-16-18-9-13-10-19-22(15(13)20-16)11-12-2-1-3-14(8-12)21-4-6-23-7-5-21/h1-3,8-10H,4-7,11H2,(H2,17,18,20). The van der Waals surface area contributed by atoms with Crippen molar-refractivity contribution in [2.24, 2.45) is 0 Å². The van der Waals surface area contributed by atoms with Gasteiger partial charge in [-0.2, -0.15) is 10.1 Å². The van der Waals surface area contributed by atoms with Gasteiger partial charge in [-0.05, 0) is 17.7 Å². The van der Waals surface area contributed by atoms with Gasteiger partial charge in [-0.1, -0.05) is 12.1 Å². The Labute approximate surface area is 133 Å². The Balaban J connectivity index is 1.61. The van der Waals surface area contributed by atoms with E-state index < -0.39 is 0 Å². The van der Waals surface area contributed by atoms with E-state index in [1.165, 1.54) is 11.3 Å². The number of aromatic nitrogens is 4. The second kappa shape index (κ2) is 5.85. The minimum Gasteiger partial charge on any atom is -0.378 e. The van der Waals surface area contributed by atoms with E-state index >= 15 is 0 Å². The number of ether oxygens (including phenoxy) is 1. The number of anilines is 2. The highest BCUT2D eigenvalue weighted by molar-refractivity contribution is 5.74. The molecule has 7 heteroatoms. The first kappa shape index (κ1) is 14.0. The third-order valence-electron chi connectivity index (χ3n) is 4.01. The zero-order valence-electron chi connectivity index (χ0n) is 12.7. The minimum atomic E-state index is 0.265. The number of hydrogen-bond acceptors (Lipinski definition) is 6. The predicted octanol–water partition coefficient (Wildman–Crippen LogP) is 1.29. The molecule has 23 heavy (non-hydrogen) atoms. The Kier molecular flexibility index (Phi) is 3.55. The molecule has 0 unspecified atom stereocenters. The molecule has 0 saturated carbocycles. The number of rotatable bonds is 3. The van der Waals surface area contributed by atoms with Crippen molar-refractivity contribution < 1.29 is 4.74 Å². The maximum atomic E-state index is 5.69. The van der Waals surface area contributed by atoms with Gasteiger partial charge in [0.1, 0.15) is 0 Å². The van der Waals surface area contributed by atoms with Crippen molar-refractivity contribution in [3.63, 3.8) is 0 Å². The Bertz CT molecular complexity index is 824. The quantitative estimate of drug-likeness (QED) is 0.785. The predicted molar refractivity (Wildman–Crippen MR) is 88.3 cm³/mol. The van der Waals surface area contributed by atoms with Crippen LogP contribution in [-0.2, 0) is 11.3 Å². The molecule has 118 valence electrons. The molecule has 1 aromatic carbocycles. The molecule has 1 aliphatic rings. The van der Waals surface area contributed by atoms with Crippen LogP contribution in [0.5, 0.6) is 0 Å². The molecule has 1 aliphatic heterocycles. The highest BCUT2D eigenvalue weighted by atomic mass is 16.5. The number of fused-ring (bicyclic) bond motifs is 1. The summed E-state index contributed by atoms with van der Waals surface area (Å²) >= 11 is 0. The average molecular weight is 310 g/mol. The lowest BCUT2D eigenvalue weighted by atomic mass is 10.2. The molecule has 0 atom stereocenters. The van der Waals surface area contributed by atoms with Crippen LogP contribution in [0.1, 0.15) is 5.56 Å². The monoisotopic (exact) mass is 310 g/mol. The van der Waals surface area contributed by atoms with Crippen molar-refractivity contribution in [3.05, 3.63) is 42.2 Å². The zero-order chi connectivity index (χ0) is 15.6. The van der Waals surface area contributed by atoms with Crippen LogP contribution in [0.2, 0.25) is 0 Å². The molecule has 2 aromatic heterocycles.